The third-order valence-electron chi connectivity index (χ3n) is 4.44. The van der Waals surface area contributed by atoms with E-state index in [0.717, 1.165) is 30.1 Å². The number of aromatic nitrogens is 2. The first-order valence-electron chi connectivity index (χ1n) is 8.14. The van der Waals surface area contributed by atoms with E-state index in [1.807, 2.05) is 12.1 Å². The molecule has 0 radical (unpaired) electrons. The van der Waals surface area contributed by atoms with E-state index in [4.69, 9.17) is 10.7 Å². The van der Waals surface area contributed by atoms with Crippen LogP contribution in [0.1, 0.15) is 44.9 Å². The largest absolute Gasteiger partial charge is 0.397 e. The number of nitrogens with zero attached hydrogens (tertiary/aromatic N) is 3. The van der Waals surface area contributed by atoms with Crippen LogP contribution in [0.25, 0.3) is 11.0 Å². The van der Waals surface area contributed by atoms with Crippen LogP contribution in [0.3, 0.4) is 0 Å². The standard InChI is InChI=1S/C17H26N4/c1-13(2)17-19-16-14(18)7-6-8-15(16)21(17)12-11-20-9-4-3-5-10-20/h6-8,13H,3-5,9-12,18H2,1-2H3. The van der Waals surface area contributed by atoms with Gasteiger partial charge < -0.3 is 15.2 Å². The fraction of sp³-hybridized carbons (Fsp3) is 0.588. The first-order chi connectivity index (χ1) is 10.2. The van der Waals surface area contributed by atoms with Gasteiger partial charge >= 0.3 is 0 Å². The highest BCUT2D eigenvalue weighted by molar-refractivity contribution is 5.87. The Morgan fingerprint density at radius 1 is 1.14 bits per heavy atom. The number of piperidine rings is 1. The highest BCUT2D eigenvalue weighted by atomic mass is 15.2. The first kappa shape index (κ1) is 14.4. The van der Waals surface area contributed by atoms with Gasteiger partial charge in [0.25, 0.3) is 0 Å². The van der Waals surface area contributed by atoms with E-state index in [0.29, 0.717) is 5.92 Å². The lowest BCUT2D eigenvalue weighted by molar-refractivity contribution is 0.220. The molecule has 3 rings (SSSR count). The predicted octanol–water partition coefficient (Wildman–Crippen LogP) is 3.23. The summed E-state index contributed by atoms with van der Waals surface area (Å²) in [7, 11) is 0. The van der Waals surface area contributed by atoms with Crippen LogP contribution in [-0.2, 0) is 6.54 Å². The number of hydrogen-bond acceptors (Lipinski definition) is 3. The minimum atomic E-state index is 0.415. The number of imidazole rings is 1. The SMILES string of the molecule is CC(C)c1nc2c(N)cccc2n1CCN1CCCCC1. The summed E-state index contributed by atoms with van der Waals surface area (Å²) in [6, 6.07) is 6.11. The molecule has 1 aromatic heterocycles. The number of nitrogen functional groups attached to an aromatic ring is 1. The van der Waals surface area contributed by atoms with Crippen molar-refractivity contribution in [2.24, 2.45) is 0 Å². The summed E-state index contributed by atoms with van der Waals surface area (Å²) in [6.07, 6.45) is 4.07. The normalized spacial score (nSPS) is 16.9. The number of hydrogen-bond donors (Lipinski definition) is 1. The molecule has 2 N–H and O–H groups in total. The third kappa shape index (κ3) is 2.91. The molecule has 0 unspecified atom stereocenters. The molecular weight excluding hydrogens is 260 g/mol. The van der Waals surface area contributed by atoms with Crippen LogP contribution < -0.4 is 5.73 Å². The van der Waals surface area contributed by atoms with Crippen molar-refractivity contribution in [3.05, 3.63) is 24.0 Å². The van der Waals surface area contributed by atoms with Gasteiger partial charge in [-0.25, -0.2) is 4.98 Å². The van der Waals surface area contributed by atoms with E-state index < -0.39 is 0 Å². The second-order valence-electron chi connectivity index (χ2n) is 6.39. The Labute approximate surface area is 126 Å². The quantitative estimate of drug-likeness (QED) is 0.878. The highest BCUT2D eigenvalue weighted by Gasteiger charge is 2.16. The predicted molar refractivity (Wildman–Crippen MR) is 88.5 cm³/mol. The Balaban J connectivity index is 1.88. The molecule has 0 amide bonds. The molecule has 1 aromatic carbocycles. The van der Waals surface area contributed by atoms with Gasteiger partial charge in [0, 0.05) is 19.0 Å². The monoisotopic (exact) mass is 286 g/mol. The highest BCUT2D eigenvalue weighted by Crippen LogP contribution is 2.25. The van der Waals surface area contributed by atoms with E-state index in [1.54, 1.807) is 0 Å². The van der Waals surface area contributed by atoms with Crippen molar-refractivity contribution >= 4 is 16.7 Å². The van der Waals surface area contributed by atoms with Gasteiger partial charge in [0.1, 0.15) is 11.3 Å². The maximum Gasteiger partial charge on any atom is 0.112 e. The summed E-state index contributed by atoms with van der Waals surface area (Å²) in [6.45, 7) is 9.01. The van der Waals surface area contributed by atoms with E-state index in [2.05, 4.69) is 29.4 Å². The van der Waals surface area contributed by atoms with Crippen molar-refractivity contribution in [2.45, 2.75) is 45.6 Å². The molecule has 4 nitrogen and oxygen atoms in total. The molecule has 1 saturated heterocycles. The second-order valence-corrected chi connectivity index (χ2v) is 6.39. The van der Waals surface area contributed by atoms with E-state index >= 15 is 0 Å². The average Bonchev–Trinajstić information content (AvgIpc) is 2.87. The van der Waals surface area contributed by atoms with Crippen LogP contribution in [0.5, 0.6) is 0 Å². The Bertz CT molecular complexity index is 609. The van der Waals surface area contributed by atoms with Gasteiger partial charge in [0.15, 0.2) is 0 Å². The average molecular weight is 286 g/mol. The van der Waals surface area contributed by atoms with Crippen LogP contribution in [0.2, 0.25) is 0 Å². The van der Waals surface area contributed by atoms with Crippen LogP contribution in [0.4, 0.5) is 5.69 Å². The van der Waals surface area contributed by atoms with Gasteiger partial charge in [-0.05, 0) is 38.1 Å². The Morgan fingerprint density at radius 2 is 1.90 bits per heavy atom. The van der Waals surface area contributed by atoms with Crippen molar-refractivity contribution in [3.8, 4) is 0 Å². The molecule has 0 spiro atoms. The molecule has 0 bridgehead atoms. The van der Waals surface area contributed by atoms with Crippen molar-refractivity contribution in [1.82, 2.24) is 14.5 Å². The Morgan fingerprint density at radius 3 is 2.62 bits per heavy atom. The molecule has 0 saturated carbocycles. The second kappa shape index (κ2) is 6.06. The molecule has 0 atom stereocenters. The number of nitrogens with two attached hydrogens (primary N) is 1. The van der Waals surface area contributed by atoms with Crippen molar-refractivity contribution < 1.29 is 0 Å². The maximum absolute atomic E-state index is 6.09. The fourth-order valence-corrected chi connectivity index (χ4v) is 3.29. The Kier molecular flexibility index (Phi) is 4.15. The van der Waals surface area contributed by atoms with Crippen molar-refractivity contribution in [2.75, 3.05) is 25.4 Å². The zero-order valence-corrected chi connectivity index (χ0v) is 13.2. The lowest BCUT2D eigenvalue weighted by Gasteiger charge is -2.27. The van der Waals surface area contributed by atoms with Gasteiger partial charge in [-0.1, -0.05) is 26.3 Å². The van der Waals surface area contributed by atoms with Gasteiger partial charge in [0.2, 0.25) is 0 Å². The van der Waals surface area contributed by atoms with E-state index in [-0.39, 0.29) is 0 Å². The Hall–Kier alpha value is -1.55. The molecule has 21 heavy (non-hydrogen) atoms. The van der Waals surface area contributed by atoms with E-state index in [9.17, 15) is 0 Å². The smallest absolute Gasteiger partial charge is 0.112 e. The van der Waals surface area contributed by atoms with Crippen LogP contribution in [0.15, 0.2) is 18.2 Å². The topological polar surface area (TPSA) is 47.1 Å². The van der Waals surface area contributed by atoms with Gasteiger partial charge in [-0.2, -0.15) is 0 Å². The third-order valence-corrected chi connectivity index (χ3v) is 4.44. The number of anilines is 1. The molecule has 2 heterocycles. The molecule has 114 valence electrons. The minimum absolute atomic E-state index is 0.415. The molecule has 1 aliphatic heterocycles. The molecule has 1 aliphatic rings. The number of likely N-dealkylation sites (tertiary alicyclic amines) is 1. The number of fused-ring (bicyclic) bond motifs is 1. The van der Waals surface area contributed by atoms with Crippen molar-refractivity contribution in [1.29, 1.82) is 0 Å². The number of para-hydroxylation sites is 1. The lowest BCUT2D eigenvalue weighted by atomic mass is 10.1. The van der Waals surface area contributed by atoms with Crippen molar-refractivity contribution in [3.63, 3.8) is 0 Å². The van der Waals surface area contributed by atoms with Gasteiger partial charge in [-0.15, -0.1) is 0 Å². The van der Waals surface area contributed by atoms with Gasteiger partial charge in [0.05, 0.1) is 11.2 Å². The summed E-state index contributed by atoms with van der Waals surface area (Å²) in [5.74, 6) is 1.57. The minimum Gasteiger partial charge on any atom is -0.397 e. The molecule has 2 aromatic rings. The zero-order chi connectivity index (χ0) is 14.8. The summed E-state index contributed by atoms with van der Waals surface area (Å²) in [5.41, 5.74) is 9.01. The molecular formula is C17H26N4. The van der Waals surface area contributed by atoms with Crippen LogP contribution in [-0.4, -0.2) is 34.1 Å². The lowest BCUT2D eigenvalue weighted by Crippen LogP contribution is -2.32. The van der Waals surface area contributed by atoms with Crippen LogP contribution in [0, 0.1) is 0 Å². The fourth-order valence-electron chi connectivity index (χ4n) is 3.29. The molecule has 1 fully saturated rings. The summed E-state index contributed by atoms with van der Waals surface area (Å²) >= 11 is 0. The maximum atomic E-state index is 6.09. The summed E-state index contributed by atoms with van der Waals surface area (Å²) in [4.78, 5) is 7.37. The zero-order valence-electron chi connectivity index (χ0n) is 13.2. The number of rotatable bonds is 4. The first-order valence-corrected chi connectivity index (χ1v) is 8.14. The summed E-state index contributed by atoms with van der Waals surface area (Å²) < 4.78 is 2.37. The summed E-state index contributed by atoms with van der Waals surface area (Å²) in [5, 5.41) is 0. The van der Waals surface area contributed by atoms with E-state index in [1.165, 1.54) is 37.9 Å². The van der Waals surface area contributed by atoms with Crippen LogP contribution >= 0.6 is 0 Å². The molecule has 4 heteroatoms. The number of benzene rings is 1. The van der Waals surface area contributed by atoms with Gasteiger partial charge in [-0.3, -0.25) is 0 Å². The molecule has 0 aliphatic carbocycles.